The second-order valence-corrected chi connectivity index (χ2v) is 25.7. The molecule has 0 aliphatic carbocycles. The van der Waals surface area contributed by atoms with Crippen molar-refractivity contribution in [3.8, 4) is 0 Å². The molecular formula is C58H122P2. The molecule has 0 radical (unpaired) electrons. The van der Waals surface area contributed by atoms with E-state index in [4.69, 9.17) is 0 Å². The molecule has 0 N–H and O–H groups in total. The molecule has 0 fully saturated rings. The molecule has 0 saturated heterocycles. The van der Waals surface area contributed by atoms with Crippen LogP contribution in [0, 0.1) is 0 Å². The van der Waals surface area contributed by atoms with Crippen LogP contribution in [0.5, 0.6) is 0 Å². The molecule has 60 heavy (non-hydrogen) atoms. The fraction of sp³-hybridized carbons (Fsp3) is 1.00. The van der Waals surface area contributed by atoms with E-state index in [0.717, 1.165) is 0 Å². The maximum atomic E-state index is 2.31. The monoisotopic (exact) mass is 881 g/mol. The minimum atomic E-state index is 0.290. The number of rotatable bonds is 57. The van der Waals surface area contributed by atoms with Crippen molar-refractivity contribution in [1.82, 2.24) is 0 Å². The molecule has 0 nitrogen and oxygen atoms in total. The minimum Gasteiger partial charge on any atom is -0.0654 e. The van der Waals surface area contributed by atoms with Crippen molar-refractivity contribution in [3.63, 3.8) is 0 Å². The molecule has 0 rings (SSSR count). The van der Waals surface area contributed by atoms with Crippen LogP contribution in [-0.4, -0.2) is 12.3 Å². The number of unbranched alkanes of at least 4 members (excludes halogenated alkanes) is 52. The van der Waals surface area contributed by atoms with Crippen LogP contribution >= 0.6 is 16.5 Å². The van der Waals surface area contributed by atoms with Gasteiger partial charge in [-0.1, -0.05) is 226 Å². The molecule has 1 atom stereocenters. The Morgan fingerprint density at radius 2 is 0.333 bits per heavy atom. The van der Waals surface area contributed by atoms with Crippen molar-refractivity contribution >= 4 is 16.5 Å². The molecule has 0 saturated carbocycles. The topological polar surface area (TPSA) is 0 Å². The van der Waals surface area contributed by atoms with Crippen molar-refractivity contribution in [2.75, 3.05) is 12.3 Å². The quantitative estimate of drug-likeness (QED) is 0.0422. The van der Waals surface area contributed by atoms with Gasteiger partial charge >= 0.3 is 164 Å². The zero-order valence-electron chi connectivity index (χ0n) is 42.8. The van der Waals surface area contributed by atoms with Crippen LogP contribution in [0.3, 0.4) is 0 Å². The summed E-state index contributed by atoms with van der Waals surface area (Å²) in [6, 6.07) is 0. The van der Waals surface area contributed by atoms with Crippen LogP contribution in [-0.2, 0) is 0 Å². The Hall–Kier alpha value is 0.860. The van der Waals surface area contributed by atoms with E-state index in [2.05, 4.69) is 13.8 Å². The Kier molecular flexibility index (Phi) is 60.7. The van der Waals surface area contributed by atoms with Gasteiger partial charge in [0.05, 0.1) is 0 Å². The predicted molar refractivity (Wildman–Crippen MR) is 290 cm³/mol. The molecule has 0 bridgehead atoms. The van der Waals surface area contributed by atoms with Gasteiger partial charge in [-0.3, -0.25) is 0 Å². The third kappa shape index (κ3) is 58.9. The summed E-state index contributed by atoms with van der Waals surface area (Å²) in [7, 11) is 1.68. The van der Waals surface area contributed by atoms with E-state index < -0.39 is 0 Å². The van der Waals surface area contributed by atoms with Gasteiger partial charge in [0.25, 0.3) is 0 Å². The van der Waals surface area contributed by atoms with Gasteiger partial charge in [0.2, 0.25) is 0 Å². The van der Waals surface area contributed by atoms with Gasteiger partial charge in [-0.05, 0) is 0 Å². The van der Waals surface area contributed by atoms with Crippen molar-refractivity contribution in [2.45, 2.75) is 361 Å². The van der Waals surface area contributed by atoms with Crippen molar-refractivity contribution < 1.29 is 0 Å². The van der Waals surface area contributed by atoms with E-state index in [-0.39, 0.29) is 0 Å². The fourth-order valence-corrected chi connectivity index (χ4v) is 14.4. The first-order chi connectivity index (χ1) is 29.9. The summed E-state index contributed by atoms with van der Waals surface area (Å²) in [5.41, 5.74) is 0. The smallest absolute Gasteiger partial charge is 0.0654 e. The number of hydrogen-bond donors (Lipinski definition) is 0. The molecule has 0 aromatic rings. The summed E-state index contributed by atoms with van der Waals surface area (Å²) < 4.78 is 0. The van der Waals surface area contributed by atoms with Crippen molar-refractivity contribution in [1.29, 1.82) is 0 Å². The Morgan fingerprint density at radius 1 is 0.183 bits per heavy atom. The summed E-state index contributed by atoms with van der Waals surface area (Å²) >= 11 is 0. The molecule has 0 spiro atoms. The molecule has 0 amide bonds. The van der Waals surface area contributed by atoms with E-state index in [1.807, 2.05) is 0 Å². The second-order valence-electron chi connectivity index (χ2n) is 20.5. The fourth-order valence-electron chi connectivity index (χ4n) is 9.79. The summed E-state index contributed by atoms with van der Waals surface area (Å²) in [6.07, 6.45) is 84.0. The van der Waals surface area contributed by atoms with E-state index in [0.29, 0.717) is 8.27 Å². The van der Waals surface area contributed by atoms with E-state index in [1.165, 1.54) is 342 Å². The van der Waals surface area contributed by atoms with Crippen LogP contribution in [0.4, 0.5) is 0 Å². The van der Waals surface area contributed by atoms with Crippen LogP contribution in [0.1, 0.15) is 361 Å². The molecule has 1 unspecified atom stereocenters. The average Bonchev–Trinajstić information content (AvgIpc) is 3.26. The summed E-state index contributed by atoms with van der Waals surface area (Å²) in [5, 5.41) is 0. The molecule has 364 valence electrons. The van der Waals surface area contributed by atoms with Gasteiger partial charge in [-0.15, -0.1) is 0 Å². The third-order valence-corrected chi connectivity index (χ3v) is 19.3. The molecule has 0 heterocycles. The molecule has 0 aromatic heterocycles. The zero-order valence-corrected chi connectivity index (χ0v) is 45.2. The van der Waals surface area contributed by atoms with Gasteiger partial charge in [0, 0.05) is 0 Å². The Balaban J connectivity index is 3.06. The van der Waals surface area contributed by atoms with Crippen LogP contribution in [0.15, 0.2) is 0 Å². The SMILES string of the molecule is CCCCCCCCCCCCCCCCCCCCCCCCCCCCCP[PH3]CCCCCCCCCCCCCCCCCCCCCCCCCCCCC. The van der Waals surface area contributed by atoms with E-state index >= 15 is 0 Å². The van der Waals surface area contributed by atoms with Gasteiger partial charge in [0.1, 0.15) is 0 Å². The first-order valence-corrected chi connectivity index (χ1v) is 34.2. The van der Waals surface area contributed by atoms with E-state index in [9.17, 15) is 0 Å². The normalized spacial score (nSPS) is 12.0. The Morgan fingerprint density at radius 3 is 0.517 bits per heavy atom. The second kappa shape index (κ2) is 59.9. The molecule has 0 aromatic carbocycles. The standard InChI is InChI=1S/C58H122P2/c1-3-5-7-9-11-13-15-17-19-21-23-25-27-29-31-33-35-37-39-41-43-45-47-49-51-53-55-57-59-60-58-56-54-52-50-48-46-44-42-40-38-36-34-32-30-28-26-24-22-20-18-16-14-12-10-8-6-4-2/h59H,3-58H2,1-2,60H3. The third-order valence-electron chi connectivity index (χ3n) is 14.2. The summed E-state index contributed by atoms with van der Waals surface area (Å²) in [4.78, 5) is 0. The summed E-state index contributed by atoms with van der Waals surface area (Å²) in [5.74, 6) is 0. The summed E-state index contributed by atoms with van der Waals surface area (Å²) in [6.45, 7) is 4.63. The first kappa shape index (κ1) is 60.9. The van der Waals surface area contributed by atoms with Gasteiger partial charge < -0.3 is 0 Å². The molecule has 0 aliphatic rings. The molecule has 0 aliphatic heterocycles. The predicted octanol–water partition coefficient (Wildman–Crippen LogP) is 22.8. The van der Waals surface area contributed by atoms with Crippen LogP contribution in [0.2, 0.25) is 0 Å². The number of hydrogen-bond acceptors (Lipinski definition) is 0. The Bertz CT molecular complexity index is 634. The van der Waals surface area contributed by atoms with Gasteiger partial charge in [-0.25, -0.2) is 0 Å². The average molecular weight is 882 g/mol. The minimum absolute atomic E-state index is 0.290. The van der Waals surface area contributed by atoms with Crippen molar-refractivity contribution in [3.05, 3.63) is 0 Å². The first-order valence-electron chi connectivity index (χ1n) is 29.6. The Labute approximate surface area is 387 Å². The van der Waals surface area contributed by atoms with Gasteiger partial charge in [0.15, 0.2) is 0 Å². The maximum absolute atomic E-state index is 2.31. The van der Waals surface area contributed by atoms with Crippen molar-refractivity contribution in [2.24, 2.45) is 0 Å². The van der Waals surface area contributed by atoms with E-state index in [1.54, 1.807) is 25.2 Å². The van der Waals surface area contributed by atoms with Crippen LogP contribution < -0.4 is 0 Å². The molecule has 2 heteroatoms. The zero-order chi connectivity index (χ0) is 43.0. The van der Waals surface area contributed by atoms with Crippen LogP contribution in [0.25, 0.3) is 0 Å². The molecular weight excluding hydrogens is 759 g/mol. The van der Waals surface area contributed by atoms with Gasteiger partial charge in [-0.2, -0.15) is 0 Å².